The van der Waals surface area contributed by atoms with E-state index in [0.717, 1.165) is 11.1 Å². The number of carbonyl (C=O) groups excluding carboxylic acids is 2. The zero-order valence-corrected chi connectivity index (χ0v) is 22.5. The van der Waals surface area contributed by atoms with Crippen molar-refractivity contribution in [3.63, 3.8) is 0 Å². The number of hydrogen-bond acceptors (Lipinski definition) is 9. The Kier molecular flexibility index (Phi) is 12.6. The Labute approximate surface area is 228 Å². The van der Waals surface area contributed by atoms with Crippen molar-refractivity contribution in [3.8, 4) is 11.5 Å². The number of hydrogen-bond donors (Lipinski definition) is 7. The average Bonchev–Trinajstić information content (AvgIpc) is 2.90. The fourth-order valence-corrected chi connectivity index (χ4v) is 5.14. The second kappa shape index (κ2) is 15.4. The molecule has 2 aromatic rings. The lowest BCUT2D eigenvalue weighted by molar-refractivity contribution is -0.981. The summed E-state index contributed by atoms with van der Waals surface area (Å²) in [4.78, 5) is 24.2. The zero-order chi connectivity index (χ0) is 29.1. The van der Waals surface area contributed by atoms with Gasteiger partial charge in [0.1, 0.15) is 50.3 Å². The largest absolute Gasteiger partial charge is 0.550 e. The van der Waals surface area contributed by atoms with E-state index < -0.39 is 31.0 Å². The lowest BCUT2D eigenvalue weighted by Gasteiger charge is -2.31. The number of aliphatic hydroxyl groups is 3. The van der Waals surface area contributed by atoms with Gasteiger partial charge in [-0.3, -0.25) is 0 Å². The lowest BCUT2D eigenvalue weighted by Crippen LogP contribution is -3.22. The maximum absolute atomic E-state index is 11.6. The van der Waals surface area contributed by atoms with Crippen molar-refractivity contribution in [2.24, 2.45) is 0 Å². The van der Waals surface area contributed by atoms with Crippen LogP contribution in [0.3, 0.4) is 0 Å². The number of aryl methyl sites for hydroxylation is 1. The van der Waals surface area contributed by atoms with Crippen LogP contribution in [0.15, 0.2) is 24.3 Å². The van der Waals surface area contributed by atoms with Gasteiger partial charge in [-0.2, -0.15) is 0 Å². The topological polar surface area (TPSA) is 190 Å². The van der Waals surface area contributed by atoms with E-state index in [0.29, 0.717) is 44.9 Å². The summed E-state index contributed by atoms with van der Waals surface area (Å²) in [5.41, 5.74) is 3.71. The van der Waals surface area contributed by atoms with Gasteiger partial charge in [0.2, 0.25) is 0 Å². The van der Waals surface area contributed by atoms with Crippen molar-refractivity contribution in [3.05, 3.63) is 57.6 Å². The molecule has 2 unspecified atom stereocenters. The SMILES string of the molecule is CCc1cc(CO)cc(O)c1C[NH+](CC[NH+](Cc1c(O)ccc(CO)c1CC)[C@H](CO)CC(=O)[O-])CC(=O)[O-]. The third-order valence-electron chi connectivity index (χ3n) is 7.20. The van der Waals surface area contributed by atoms with E-state index in [9.17, 15) is 45.3 Å². The predicted octanol–water partition coefficient (Wildman–Crippen LogP) is -4.07. The summed E-state index contributed by atoms with van der Waals surface area (Å²) < 4.78 is 0. The number of nitrogens with one attached hydrogen (secondary N) is 2. The predicted molar refractivity (Wildman–Crippen MR) is 136 cm³/mol. The maximum atomic E-state index is 11.6. The van der Waals surface area contributed by atoms with E-state index in [1.54, 1.807) is 12.1 Å². The first-order chi connectivity index (χ1) is 18.6. The maximum Gasteiger partial charge on any atom is 0.127 e. The standard InChI is InChI=1S/C28H40N2O9/c1-3-19-9-18(15-31)10-26(35)23(19)12-29(14-28(38)39)7-8-30(21(17-33)11-27(36)37)13-24-22(4-2)20(16-32)5-6-25(24)34/h5-6,9-10,21,31-35H,3-4,7-8,11-17H2,1-2H3,(H,36,37)(H,38,39)/t21-/m0/s1. The Morgan fingerprint density at radius 1 is 0.821 bits per heavy atom. The Morgan fingerprint density at radius 3 is 2.08 bits per heavy atom. The number of rotatable bonds is 17. The number of phenols is 2. The molecule has 0 aliphatic carbocycles. The van der Waals surface area contributed by atoms with Crippen LogP contribution in [-0.2, 0) is 48.7 Å². The molecule has 2 aromatic carbocycles. The van der Waals surface area contributed by atoms with Crippen LogP contribution in [0.25, 0.3) is 0 Å². The number of carbonyl (C=O) groups is 2. The molecule has 0 saturated carbocycles. The molecule has 0 fully saturated rings. The third kappa shape index (κ3) is 8.91. The van der Waals surface area contributed by atoms with Gasteiger partial charge >= 0.3 is 0 Å². The Morgan fingerprint density at radius 2 is 1.54 bits per heavy atom. The first-order valence-electron chi connectivity index (χ1n) is 13.1. The third-order valence-corrected chi connectivity index (χ3v) is 7.20. The number of carboxylic acids is 2. The summed E-state index contributed by atoms with van der Waals surface area (Å²) in [5, 5.41) is 73.5. The van der Waals surface area contributed by atoms with Gasteiger partial charge in [0.05, 0.1) is 36.9 Å². The number of aliphatic carboxylic acids is 2. The van der Waals surface area contributed by atoms with Crippen molar-refractivity contribution in [1.82, 2.24) is 0 Å². The van der Waals surface area contributed by atoms with E-state index >= 15 is 0 Å². The zero-order valence-electron chi connectivity index (χ0n) is 22.5. The van der Waals surface area contributed by atoms with Gasteiger partial charge in [-0.1, -0.05) is 26.0 Å². The number of aromatic hydroxyl groups is 2. The molecule has 3 atom stereocenters. The van der Waals surface area contributed by atoms with E-state index in [1.165, 1.54) is 12.1 Å². The van der Waals surface area contributed by atoms with E-state index in [1.807, 2.05) is 13.8 Å². The lowest BCUT2D eigenvalue weighted by atomic mass is 9.97. The van der Waals surface area contributed by atoms with E-state index in [2.05, 4.69) is 0 Å². The Bertz CT molecular complexity index is 1120. The van der Waals surface area contributed by atoms with Crippen LogP contribution >= 0.6 is 0 Å². The van der Waals surface area contributed by atoms with Gasteiger partial charge < -0.3 is 55.1 Å². The fourth-order valence-electron chi connectivity index (χ4n) is 5.14. The van der Waals surface area contributed by atoms with Gasteiger partial charge in [0.25, 0.3) is 0 Å². The Balaban J connectivity index is 2.41. The highest BCUT2D eigenvalue weighted by atomic mass is 16.4. The van der Waals surface area contributed by atoms with Gasteiger partial charge in [-0.15, -0.1) is 0 Å². The smallest absolute Gasteiger partial charge is 0.127 e. The van der Waals surface area contributed by atoms with Crippen molar-refractivity contribution in [1.29, 1.82) is 0 Å². The molecule has 0 aliphatic heterocycles. The highest BCUT2D eigenvalue weighted by molar-refractivity contribution is 5.65. The van der Waals surface area contributed by atoms with Crippen LogP contribution in [0, 0.1) is 0 Å². The molecule has 0 heterocycles. The molecular weight excluding hydrogens is 508 g/mol. The van der Waals surface area contributed by atoms with Gasteiger partial charge in [0.15, 0.2) is 0 Å². The number of aliphatic hydroxyl groups excluding tert-OH is 3. The monoisotopic (exact) mass is 548 g/mol. The fraction of sp³-hybridized carbons (Fsp3) is 0.500. The minimum absolute atomic E-state index is 0.0212. The molecular formula is C28H40N2O9. The average molecular weight is 549 g/mol. The Hall–Kier alpha value is -3.22. The highest BCUT2D eigenvalue weighted by Crippen LogP contribution is 2.25. The van der Waals surface area contributed by atoms with Gasteiger partial charge in [-0.25, -0.2) is 0 Å². The number of benzene rings is 2. The second-order valence-corrected chi connectivity index (χ2v) is 9.74. The molecule has 0 aliphatic rings. The summed E-state index contributed by atoms with van der Waals surface area (Å²) in [6.07, 6.45) is 0.598. The summed E-state index contributed by atoms with van der Waals surface area (Å²) in [6, 6.07) is 5.47. The van der Waals surface area contributed by atoms with Crippen LogP contribution < -0.4 is 20.0 Å². The molecule has 0 amide bonds. The molecule has 39 heavy (non-hydrogen) atoms. The molecule has 0 spiro atoms. The molecule has 0 aromatic heterocycles. The second-order valence-electron chi connectivity index (χ2n) is 9.74. The van der Waals surface area contributed by atoms with Crippen molar-refractivity contribution >= 4 is 11.9 Å². The minimum atomic E-state index is -1.35. The van der Waals surface area contributed by atoms with Crippen molar-refractivity contribution in [2.45, 2.75) is 65.5 Å². The van der Waals surface area contributed by atoms with Crippen molar-refractivity contribution in [2.75, 3.05) is 26.2 Å². The number of quaternary nitrogens is 2. The molecule has 0 radical (unpaired) electrons. The number of carboxylic acid groups (broad SMARTS) is 2. The molecule has 7 N–H and O–H groups in total. The van der Waals surface area contributed by atoms with Crippen LogP contribution in [0.5, 0.6) is 11.5 Å². The van der Waals surface area contributed by atoms with E-state index in [4.69, 9.17) is 0 Å². The summed E-state index contributed by atoms with van der Waals surface area (Å²) >= 11 is 0. The molecule has 0 bridgehead atoms. The molecule has 11 heteroatoms. The number of phenolic OH excluding ortho intramolecular Hbond substituents is 2. The van der Waals surface area contributed by atoms with Gasteiger partial charge in [0, 0.05) is 12.4 Å². The molecule has 2 rings (SSSR count). The summed E-state index contributed by atoms with van der Waals surface area (Å²) in [7, 11) is 0. The van der Waals surface area contributed by atoms with Crippen LogP contribution in [0.1, 0.15) is 53.6 Å². The van der Waals surface area contributed by atoms with Crippen LogP contribution in [0.2, 0.25) is 0 Å². The first-order valence-corrected chi connectivity index (χ1v) is 13.1. The molecule has 216 valence electrons. The minimum Gasteiger partial charge on any atom is -0.550 e. The quantitative estimate of drug-likeness (QED) is 0.103. The normalized spacial score (nSPS) is 13.7. The van der Waals surface area contributed by atoms with Gasteiger partial charge in [-0.05, 0) is 47.2 Å². The first kappa shape index (κ1) is 32.0. The van der Waals surface area contributed by atoms with Crippen molar-refractivity contribution < 1.29 is 55.1 Å². The summed E-state index contributed by atoms with van der Waals surface area (Å²) in [5.74, 6) is -2.73. The van der Waals surface area contributed by atoms with Crippen LogP contribution in [-0.4, -0.2) is 69.8 Å². The van der Waals surface area contributed by atoms with Crippen LogP contribution in [0.4, 0.5) is 0 Å². The van der Waals surface area contributed by atoms with E-state index in [-0.39, 0.29) is 57.4 Å². The molecule has 0 saturated heterocycles. The summed E-state index contributed by atoms with van der Waals surface area (Å²) in [6.45, 7) is 3.08. The molecule has 11 nitrogen and oxygen atoms in total. The highest BCUT2D eigenvalue weighted by Gasteiger charge is 2.27.